The summed E-state index contributed by atoms with van der Waals surface area (Å²) in [6.07, 6.45) is 0. The highest BCUT2D eigenvalue weighted by atomic mass is 19.2. The second kappa shape index (κ2) is 5.56. The zero-order valence-electron chi connectivity index (χ0n) is 12.8. The summed E-state index contributed by atoms with van der Waals surface area (Å²) in [6, 6.07) is 12.7. The number of nitriles is 1. The molecule has 0 spiro atoms. The summed E-state index contributed by atoms with van der Waals surface area (Å²) < 4.78 is 70.5. The Kier molecular flexibility index (Phi) is 3.44. The predicted molar refractivity (Wildman–Crippen MR) is 85.3 cm³/mol. The van der Waals surface area contributed by atoms with Crippen molar-refractivity contribution in [3.63, 3.8) is 0 Å². The summed E-state index contributed by atoms with van der Waals surface area (Å²) in [5, 5.41) is 10.0. The molecule has 0 aliphatic carbocycles. The van der Waals surface area contributed by atoms with Gasteiger partial charge < -0.3 is 4.57 Å². The summed E-state index contributed by atoms with van der Waals surface area (Å²) in [4.78, 5) is 0. The van der Waals surface area contributed by atoms with Gasteiger partial charge in [-0.15, -0.1) is 0 Å². The lowest BCUT2D eigenvalue weighted by Crippen LogP contribution is -2.09. The Morgan fingerprint density at radius 1 is 0.692 bits per heavy atom. The lowest BCUT2D eigenvalue weighted by atomic mass is 10.1. The number of rotatable bonds is 1. The molecule has 0 fully saturated rings. The fourth-order valence-corrected chi connectivity index (χ4v) is 3.07. The summed E-state index contributed by atoms with van der Waals surface area (Å²) in [7, 11) is 0. The highest BCUT2D eigenvalue weighted by molar-refractivity contribution is 6.09. The molecule has 4 aromatic rings. The van der Waals surface area contributed by atoms with Crippen molar-refractivity contribution in [1.29, 1.82) is 5.26 Å². The van der Waals surface area contributed by atoms with Gasteiger partial charge in [-0.05, 0) is 24.3 Å². The first-order valence-corrected chi connectivity index (χ1v) is 7.40. The molecule has 0 saturated heterocycles. The quantitative estimate of drug-likeness (QED) is 0.256. The molecule has 0 atom stereocenters. The third-order valence-corrected chi connectivity index (χ3v) is 4.21. The maximum atomic E-state index is 14.4. The lowest BCUT2D eigenvalue weighted by Gasteiger charge is -2.12. The van der Waals surface area contributed by atoms with E-state index in [1.165, 1.54) is 24.3 Å². The highest BCUT2D eigenvalue weighted by Gasteiger charge is 2.28. The van der Waals surface area contributed by atoms with E-state index in [-0.39, 0.29) is 11.0 Å². The Balaban J connectivity index is 2.25. The van der Waals surface area contributed by atoms with Gasteiger partial charge in [-0.25, -0.2) is 22.0 Å². The summed E-state index contributed by atoms with van der Waals surface area (Å²) in [6.45, 7) is 0. The van der Waals surface area contributed by atoms with Gasteiger partial charge in [0, 0.05) is 10.8 Å². The van der Waals surface area contributed by atoms with Crippen LogP contribution in [0.2, 0.25) is 0 Å². The van der Waals surface area contributed by atoms with Gasteiger partial charge in [0.1, 0.15) is 5.69 Å². The van der Waals surface area contributed by atoms with E-state index in [1.807, 2.05) is 6.07 Å². The highest BCUT2D eigenvalue weighted by Crippen LogP contribution is 2.36. The molecule has 0 N–H and O–H groups in total. The van der Waals surface area contributed by atoms with Gasteiger partial charge in [0.05, 0.1) is 22.7 Å². The minimum absolute atomic E-state index is 0.216. The smallest absolute Gasteiger partial charge is 0.200 e. The van der Waals surface area contributed by atoms with E-state index in [0.717, 1.165) is 4.57 Å². The average molecular weight is 358 g/mol. The van der Waals surface area contributed by atoms with Crippen LogP contribution < -0.4 is 0 Å². The molecular weight excluding hydrogens is 351 g/mol. The van der Waals surface area contributed by atoms with Crippen LogP contribution in [0.1, 0.15) is 5.56 Å². The number of fused-ring (bicyclic) bond motifs is 3. The normalized spacial score (nSPS) is 11.2. The molecule has 1 aromatic heterocycles. The molecule has 0 aliphatic heterocycles. The largest absolute Gasteiger partial charge is 0.304 e. The molecule has 3 aromatic carbocycles. The molecule has 0 unspecified atom stereocenters. The molecule has 1 heterocycles. The molecule has 128 valence electrons. The van der Waals surface area contributed by atoms with Crippen LogP contribution in [-0.4, -0.2) is 4.57 Å². The Hall–Kier alpha value is -3.40. The van der Waals surface area contributed by atoms with Crippen molar-refractivity contribution in [1.82, 2.24) is 4.57 Å². The Morgan fingerprint density at radius 2 is 1.27 bits per heavy atom. The van der Waals surface area contributed by atoms with E-state index in [9.17, 15) is 22.0 Å². The maximum absolute atomic E-state index is 14.4. The van der Waals surface area contributed by atoms with E-state index in [2.05, 4.69) is 0 Å². The molecule has 0 aliphatic rings. The number of para-hydroxylation sites is 1. The SMILES string of the molecule is N#Cc1ccc2c(c1)c1ccccc1n2-c1c(F)c(F)c(F)c(F)c1F. The molecule has 0 radical (unpaired) electrons. The van der Waals surface area contributed by atoms with Gasteiger partial charge in [-0.3, -0.25) is 0 Å². The molecule has 0 amide bonds. The van der Waals surface area contributed by atoms with E-state index < -0.39 is 34.8 Å². The van der Waals surface area contributed by atoms with Crippen molar-refractivity contribution < 1.29 is 22.0 Å². The maximum Gasteiger partial charge on any atom is 0.200 e. The monoisotopic (exact) mass is 358 g/mol. The van der Waals surface area contributed by atoms with Crippen molar-refractivity contribution in [3.8, 4) is 11.8 Å². The Labute approximate surface area is 143 Å². The van der Waals surface area contributed by atoms with Crippen LogP contribution >= 0.6 is 0 Å². The molecule has 0 bridgehead atoms. The average Bonchev–Trinajstić information content (AvgIpc) is 2.99. The van der Waals surface area contributed by atoms with Gasteiger partial charge in [-0.2, -0.15) is 5.26 Å². The van der Waals surface area contributed by atoms with E-state index in [1.54, 1.807) is 18.2 Å². The standard InChI is InChI=1S/C19H7F5N2/c20-14-15(21)17(23)19(18(24)16(14)22)26-12-4-2-1-3-10(12)11-7-9(8-25)5-6-13(11)26/h1-7H. The van der Waals surface area contributed by atoms with Crippen molar-refractivity contribution in [2.24, 2.45) is 0 Å². The van der Waals surface area contributed by atoms with E-state index in [4.69, 9.17) is 5.26 Å². The molecule has 26 heavy (non-hydrogen) atoms. The zero-order valence-corrected chi connectivity index (χ0v) is 12.8. The van der Waals surface area contributed by atoms with Crippen LogP contribution in [0.4, 0.5) is 22.0 Å². The van der Waals surface area contributed by atoms with Crippen LogP contribution in [0.5, 0.6) is 0 Å². The van der Waals surface area contributed by atoms with Crippen molar-refractivity contribution in [2.45, 2.75) is 0 Å². The molecular formula is C19H7F5N2. The van der Waals surface area contributed by atoms with Crippen molar-refractivity contribution in [3.05, 3.63) is 77.1 Å². The number of halogens is 5. The van der Waals surface area contributed by atoms with Gasteiger partial charge in [0.25, 0.3) is 0 Å². The molecule has 0 saturated carbocycles. The van der Waals surface area contributed by atoms with Crippen LogP contribution in [-0.2, 0) is 0 Å². The van der Waals surface area contributed by atoms with Gasteiger partial charge in [0.15, 0.2) is 23.3 Å². The second-order valence-corrected chi connectivity index (χ2v) is 5.61. The fourth-order valence-electron chi connectivity index (χ4n) is 3.07. The Morgan fingerprint density at radius 3 is 1.92 bits per heavy atom. The number of aromatic nitrogens is 1. The van der Waals surface area contributed by atoms with Gasteiger partial charge >= 0.3 is 0 Å². The first-order valence-electron chi connectivity index (χ1n) is 7.40. The van der Waals surface area contributed by atoms with Crippen LogP contribution in [0.3, 0.4) is 0 Å². The Bertz CT molecular complexity index is 1220. The molecule has 4 rings (SSSR count). The first kappa shape index (κ1) is 16.1. The van der Waals surface area contributed by atoms with Gasteiger partial charge in [-0.1, -0.05) is 18.2 Å². The molecule has 7 heteroatoms. The van der Waals surface area contributed by atoms with Crippen molar-refractivity contribution in [2.75, 3.05) is 0 Å². The zero-order chi connectivity index (χ0) is 18.6. The van der Waals surface area contributed by atoms with Gasteiger partial charge in [0.2, 0.25) is 5.82 Å². The lowest BCUT2D eigenvalue weighted by molar-refractivity contribution is 0.376. The topological polar surface area (TPSA) is 28.7 Å². The summed E-state index contributed by atoms with van der Waals surface area (Å²) in [5.41, 5.74) is -0.288. The minimum atomic E-state index is -2.21. The van der Waals surface area contributed by atoms with E-state index >= 15 is 0 Å². The third-order valence-electron chi connectivity index (χ3n) is 4.21. The van der Waals surface area contributed by atoms with Crippen LogP contribution in [0.15, 0.2) is 42.5 Å². The van der Waals surface area contributed by atoms with Crippen molar-refractivity contribution >= 4 is 21.8 Å². The second-order valence-electron chi connectivity index (χ2n) is 5.61. The fraction of sp³-hybridized carbons (Fsp3) is 0. The molecule has 2 nitrogen and oxygen atoms in total. The minimum Gasteiger partial charge on any atom is -0.304 e. The predicted octanol–water partition coefficient (Wildman–Crippen LogP) is 5.35. The number of hydrogen-bond donors (Lipinski definition) is 0. The van der Waals surface area contributed by atoms with E-state index in [0.29, 0.717) is 16.3 Å². The summed E-state index contributed by atoms with van der Waals surface area (Å²) in [5.74, 6) is -10.1. The third kappa shape index (κ3) is 2.02. The number of nitrogens with zero attached hydrogens (tertiary/aromatic N) is 2. The first-order chi connectivity index (χ1) is 12.5. The number of hydrogen-bond acceptors (Lipinski definition) is 1. The number of benzene rings is 3. The van der Waals surface area contributed by atoms with Crippen LogP contribution in [0.25, 0.3) is 27.5 Å². The summed E-state index contributed by atoms with van der Waals surface area (Å²) >= 11 is 0. The van der Waals surface area contributed by atoms with Crippen LogP contribution in [0, 0.1) is 40.4 Å².